The second kappa shape index (κ2) is 5.76. The second-order valence-corrected chi connectivity index (χ2v) is 4.62. The Bertz CT molecular complexity index is 429. The number of hydrogen-bond acceptors (Lipinski definition) is 3. The van der Waals surface area contributed by atoms with Crippen LogP contribution in [0.2, 0.25) is 0 Å². The Morgan fingerprint density at radius 3 is 2.67 bits per heavy atom. The quantitative estimate of drug-likeness (QED) is 0.821. The molecule has 2 rings (SSSR count). The molecule has 98 valence electrons. The monoisotopic (exact) mass is 249 g/mol. The molecular formula is C14H19NO3. The van der Waals surface area contributed by atoms with Crippen LogP contribution in [0, 0.1) is 0 Å². The van der Waals surface area contributed by atoms with Crippen molar-refractivity contribution in [2.75, 3.05) is 27.3 Å². The van der Waals surface area contributed by atoms with Gasteiger partial charge in [-0.1, -0.05) is 6.07 Å². The van der Waals surface area contributed by atoms with Crippen molar-refractivity contribution in [3.8, 4) is 11.5 Å². The normalized spacial score (nSPS) is 13.9. The molecule has 1 heterocycles. The fraction of sp³-hybridized carbons (Fsp3) is 0.500. The van der Waals surface area contributed by atoms with Crippen molar-refractivity contribution in [3.63, 3.8) is 0 Å². The lowest BCUT2D eigenvalue weighted by molar-refractivity contribution is -0.128. The first-order chi connectivity index (χ1) is 8.66. The van der Waals surface area contributed by atoms with E-state index in [1.54, 1.807) is 19.0 Å². The van der Waals surface area contributed by atoms with Crippen molar-refractivity contribution in [2.24, 2.45) is 0 Å². The van der Waals surface area contributed by atoms with Crippen LogP contribution in [-0.2, 0) is 11.2 Å². The van der Waals surface area contributed by atoms with Gasteiger partial charge in [-0.15, -0.1) is 0 Å². The highest BCUT2D eigenvalue weighted by molar-refractivity contribution is 5.75. The number of fused-ring (bicyclic) bond motifs is 1. The van der Waals surface area contributed by atoms with Gasteiger partial charge in [0.2, 0.25) is 5.91 Å². The number of carbonyl (C=O) groups is 1. The summed E-state index contributed by atoms with van der Waals surface area (Å²) in [5, 5.41) is 0. The van der Waals surface area contributed by atoms with E-state index in [2.05, 4.69) is 0 Å². The summed E-state index contributed by atoms with van der Waals surface area (Å²) in [6.45, 7) is 1.39. The summed E-state index contributed by atoms with van der Waals surface area (Å²) in [7, 11) is 3.55. The van der Waals surface area contributed by atoms with Gasteiger partial charge < -0.3 is 14.4 Å². The SMILES string of the molecule is CN(C)C(=O)CCc1ccc2c(c1)OCCCO2. The van der Waals surface area contributed by atoms with Crippen LogP contribution in [0.25, 0.3) is 0 Å². The van der Waals surface area contributed by atoms with Crippen LogP contribution in [0.4, 0.5) is 0 Å². The topological polar surface area (TPSA) is 38.8 Å². The number of amides is 1. The van der Waals surface area contributed by atoms with Crippen molar-refractivity contribution >= 4 is 5.91 Å². The van der Waals surface area contributed by atoms with E-state index in [-0.39, 0.29) is 5.91 Å². The van der Waals surface area contributed by atoms with E-state index in [4.69, 9.17) is 9.47 Å². The molecular weight excluding hydrogens is 230 g/mol. The number of nitrogens with zero attached hydrogens (tertiary/aromatic N) is 1. The summed E-state index contributed by atoms with van der Waals surface area (Å²) >= 11 is 0. The van der Waals surface area contributed by atoms with Crippen LogP contribution in [0.15, 0.2) is 18.2 Å². The molecule has 0 spiro atoms. The average molecular weight is 249 g/mol. The molecule has 0 radical (unpaired) electrons. The van der Waals surface area contributed by atoms with Gasteiger partial charge in [0.25, 0.3) is 0 Å². The average Bonchev–Trinajstić information content (AvgIpc) is 2.60. The summed E-state index contributed by atoms with van der Waals surface area (Å²) in [5.41, 5.74) is 1.11. The molecule has 1 aromatic rings. The van der Waals surface area contributed by atoms with Crippen LogP contribution in [-0.4, -0.2) is 38.1 Å². The van der Waals surface area contributed by atoms with Gasteiger partial charge in [0.15, 0.2) is 11.5 Å². The zero-order valence-corrected chi connectivity index (χ0v) is 10.9. The molecule has 0 saturated heterocycles. The van der Waals surface area contributed by atoms with E-state index in [1.807, 2.05) is 18.2 Å². The van der Waals surface area contributed by atoms with Gasteiger partial charge in [-0.2, -0.15) is 0 Å². The van der Waals surface area contributed by atoms with Gasteiger partial charge in [0, 0.05) is 26.9 Å². The smallest absolute Gasteiger partial charge is 0.222 e. The van der Waals surface area contributed by atoms with E-state index in [0.717, 1.165) is 29.9 Å². The Morgan fingerprint density at radius 2 is 1.94 bits per heavy atom. The Labute approximate surface area is 107 Å². The molecule has 1 aliphatic heterocycles. The van der Waals surface area contributed by atoms with Crippen LogP contribution in [0.3, 0.4) is 0 Å². The van der Waals surface area contributed by atoms with Gasteiger partial charge >= 0.3 is 0 Å². The molecule has 1 amide bonds. The molecule has 0 aromatic heterocycles. The molecule has 18 heavy (non-hydrogen) atoms. The zero-order valence-electron chi connectivity index (χ0n) is 10.9. The number of ether oxygens (including phenoxy) is 2. The maximum absolute atomic E-state index is 11.5. The fourth-order valence-electron chi connectivity index (χ4n) is 1.84. The molecule has 0 atom stereocenters. The third-order valence-electron chi connectivity index (χ3n) is 2.94. The standard InChI is InChI=1S/C14H19NO3/c1-15(2)14(16)7-5-11-4-6-12-13(10-11)18-9-3-8-17-12/h4,6,10H,3,5,7-9H2,1-2H3. The van der Waals surface area contributed by atoms with Crippen LogP contribution in [0.5, 0.6) is 11.5 Å². The van der Waals surface area contributed by atoms with E-state index in [9.17, 15) is 4.79 Å². The minimum atomic E-state index is 0.141. The Hall–Kier alpha value is -1.71. The van der Waals surface area contributed by atoms with Gasteiger partial charge in [-0.05, 0) is 24.1 Å². The molecule has 4 heteroatoms. The predicted molar refractivity (Wildman–Crippen MR) is 69.1 cm³/mol. The molecule has 1 aromatic carbocycles. The highest BCUT2D eigenvalue weighted by atomic mass is 16.5. The minimum absolute atomic E-state index is 0.141. The van der Waals surface area contributed by atoms with Crippen LogP contribution < -0.4 is 9.47 Å². The van der Waals surface area contributed by atoms with E-state index >= 15 is 0 Å². The fourth-order valence-corrected chi connectivity index (χ4v) is 1.84. The van der Waals surface area contributed by atoms with E-state index in [0.29, 0.717) is 19.6 Å². The first-order valence-corrected chi connectivity index (χ1v) is 6.25. The highest BCUT2D eigenvalue weighted by Crippen LogP contribution is 2.30. The van der Waals surface area contributed by atoms with E-state index in [1.165, 1.54) is 0 Å². The highest BCUT2D eigenvalue weighted by Gasteiger charge is 2.11. The maximum Gasteiger partial charge on any atom is 0.222 e. The van der Waals surface area contributed by atoms with Gasteiger partial charge in [-0.3, -0.25) is 4.79 Å². The summed E-state index contributed by atoms with van der Waals surface area (Å²) in [6.07, 6.45) is 2.16. The predicted octanol–water partition coefficient (Wildman–Crippen LogP) is 1.87. The molecule has 1 aliphatic rings. The largest absolute Gasteiger partial charge is 0.490 e. The zero-order chi connectivity index (χ0) is 13.0. The maximum atomic E-state index is 11.5. The minimum Gasteiger partial charge on any atom is -0.490 e. The lowest BCUT2D eigenvalue weighted by Crippen LogP contribution is -2.21. The first kappa shape index (κ1) is 12.7. The van der Waals surface area contributed by atoms with Gasteiger partial charge in [0.05, 0.1) is 13.2 Å². The third-order valence-corrected chi connectivity index (χ3v) is 2.94. The molecule has 0 N–H and O–H groups in total. The van der Waals surface area contributed by atoms with Gasteiger partial charge in [-0.25, -0.2) is 0 Å². The van der Waals surface area contributed by atoms with Crippen LogP contribution >= 0.6 is 0 Å². The molecule has 0 unspecified atom stereocenters. The van der Waals surface area contributed by atoms with Crippen molar-refractivity contribution in [2.45, 2.75) is 19.3 Å². The number of benzene rings is 1. The number of rotatable bonds is 3. The number of aryl methyl sites for hydroxylation is 1. The Balaban J connectivity index is 2.02. The Morgan fingerprint density at radius 1 is 1.22 bits per heavy atom. The van der Waals surface area contributed by atoms with E-state index < -0.39 is 0 Å². The van der Waals surface area contributed by atoms with Crippen molar-refractivity contribution in [1.82, 2.24) is 4.90 Å². The number of carbonyl (C=O) groups excluding carboxylic acids is 1. The van der Waals surface area contributed by atoms with Crippen molar-refractivity contribution in [1.29, 1.82) is 0 Å². The summed E-state index contributed by atoms with van der Waals surface area (Å²) in [5.74, 6) is 1.74. The number of hydrogen-bond donors (Lipinski definition) is 0. The molecule has 0 fully saturated rings. The molecule has 0 bridgehead atoms. The van der Waals surface area contributed by atoms with Gasteiger partial charge in [0.1, 0.15) is 0 Å². The Kier molecular flexibility index (Phi) is 4.07. The first-order valence-electron chi connectivity index (χ1n) is 6.25. The van der Waals surface area contributed by atoms with Crippen molar-refractivity contribution < 1.29 is 14.3 Å². The molecule has 0 aliphatic carbocycles. The van der Waals surface area contributed by atoms with Crippen LogP contribution in [0.1, 0.15) is 18.4 Å². The summed E-state index contributed by atoms with van der Waals surface area (Å²) in [4.78, 5) is 13.1. The lowest BCUT2D eigenvalue weighted by Gasteiger charge is -2.11. The molecule has 4 nitrogen and oxygen atoms in total. The van der Waals surface area contributed by atoms with Crippen molar-refractivity contribution in [3.05, 3.63) is 23.8 Å². The lowest BCUT2D eigenvalue weighted by atomic mass is 10.1. The third kappa shape index (κ3) is 3.15. The summed E-state index contributed by atoms with van der Waals surface area (Å²) < 4.78 is 11.2. The second-order valence-electron chi connectivity index (χ2n) is 4.62. The molecule has 0 saturated carbocycles. The summed E-state index contributed by atoms with van der Waals surface area (Å²) in [6, 6.07) is 5.90.